The highest BCUT2D eigenvalue weighted by molar-refractivity contribution is 7.91. The van der Waals surface area contributed by atoms with Gasteiger partial charge in [-0.05, 0) is 26.0 Å². The van der Waals surface area contributed by atoms with Crippen LogP contribution in [0.5, 0.6) is 0 Å². The first-order valence-electron chi connectivity index (χ1n) is 9.55. The number of carbonyl (C=O) groups excluding carboxylic acids is 2. The number of benzene rings is 2. The minimum atomic E-state index is -3.61. The molecule has 1 amide bonds. The molecule has 3 aromatic rings. The van der Waals surface area contributed by atoms with Crippen molar-refractivity contribution in [1.82, 2.24) is 4.98 Å². The summed E-state index contributed by atoms with van der Waals surface area (Å²) in [5.74, 6) is -1.69. The van der Waals surface area contributed by atoms with Crippen LogP contribution in [-0.4, -0.2) is 37.1 Å². The number of carbonyl (C=O) groups is 2. The molecule has 0 saturated heterocycles. The van der Waals surface area contributed by atoms with Crippen molar-refractivity contribution in [2.24, 2.45) is 0 Å². The summed E-state index contributed by atoms with van der Waals surface area (Å²) in [4.78, 5) is 28.9. The van der Waals surface area contributed by atoms with Gasteiger partial charge in [-0.3, -0.25) is 14.9 Å². The monoisotopic (exact) mass is 458 g/mol. The van der Waals surface area contributed by atoms with E-state index in [1.165, 1.54) is 30.4 Å². The molecule has 3 rings (SSSR count). The van der Waals surface area contributed by atoms with Crippen molar-refractivity contribution in [2.75, 3.05) is 11.1 Å². The molecule has 0 radical (unpaired) electrons. The van der Waals surface area contributed by atoms with Crippen LogP contribution in [0.15, 0.2) is 64.9 Å². The highest BCUT2D eigenvalue weighted by Gasteiger charge is 2.22. The van der Waals surface area contributed by atoms with E-state index in [0.29, 0.717) is 5.13 Å². The van der Waals surface area contributed by atoms with Crippen LogP contribution in [0.3, 0.4) is 0 Å². The molecule has 0 aliphatic heterocycles. The highest BCUT2D eigenvalue weighted by atomic mass is 32.2. The largest absolute Gasteiger partial charge is 0.453 e. The lowest BCUT2D eigenvalue weighted by Gasteiger charge is -2.12. The van der Waals surface area contributed by atoms with Crippen LogP contribution in [0, 0.1) is 6.92 Å². The fraction of sp³-hybridized carbons (Fsp3) is 0.227. The minimum absolute atomic E-state index is 0.148. The topological polar surface area (TPSA) is 102 Å². The number of hydrogen-bond donors (Lipinski definition) is 1. The van der Waals surface area contributed by atoms with Gasteiger partial charge >= 0.3 is 5.97 Å². The van der Waals surface area contributed by atoms with Gasteiger partial charge in [0.05, 0.1) is 22.8 Å². The van der Waals surface area contributed by atoms with Crippen LogP contribution in [0.1, 0.15) is 18.9 Å². The number of hydrogen-bond acceptors (Lipinski definition) is 7. The second-order valence-electron chi connectivity index (χ2n) is 6.91. The minimum Gasteiger partial charge on any atom is -0.453 e. The first kappa shape index (κ1) is 22.6. The zero-order valence-electron chi connectivity index (χ0n) is 17.1. The molecule has 31 heavy (non-hydrogen) atoms. The number of rotatable bonds is 8. The fourth-order valence-electron chi connectivity index (χ4n) is 2.67. The van der Waals surface area contributed by atoms with Gasteiger partial charge in [0.2, 0.25) is 0 Å². The predicted octanol–water partition coefficient (Wildman–Crippen LogP) is 3.85. The lowest BCUT2D eigenvalue weighted by atomic mass is 10.2. The van der Waals surface area contributed by atoms with Gasteiger partial charge in [0, 0.05) is 10.9 Å². The second-order valence-corrected chi connectivity index (χ2v) is 9.87. The van der Waals surface area contributed by atoms with E-state index in [1.54, 1.807) is 12.1 Å². The number of nitrogens with one attached hydrogen (secondary N) is 1. The molecule has 1 atom stereocenters. The summed E-state index contributed by atoms with van der Waals surface area (Å²) in [7, 11) is -3.61. The Bertz CT molecular complexity index is 1160. The van der Waals surface area contributed by atoms with E-state index in [0.717, 1.165) is 16.8 Å². The SMILES string of the molecule is Cc1ccc(S(=O)(=O)CCC(=O)O[C@H](C)C(=O)Nc2nc(-c3ccccc3)cs2)cc1. The molecule has 0 bridgehead atoms. The average molecular weight is 459 g/mol. The maximum atomic E-state index is 12.3. The average Bonchev–Trinajstić information content (AvgIpc) is 3.22. The van der Waals surface area contributed by atoms with E-state index in [1.807, 2.05) is 42.6 Å². The molecule has 1 aromatic heterocycles. The van der Waals surface area contributed by atoms with Gasteiger partial charge in [0.1, 0.15) is 0 Å². The molecule has 2 aromatic carbocycles. The van der Waals surface area contributed by atoms with E-state index in [2.05, 4.69) is 10.3 Å². The summed E-state index contributed by atoms with van der Waals surface area (Å²) in [6.45, 7) is 3.28. The lowest BCUT2D eigenvalue weighted by molar-refractivity contribution is -0.152. The molecule has 0 saturated carbocycles. The third kappa shape index (κ3) is 6.22. The van der Waals surface area contributed by atoms with Crippen molar-refractivity contribution in [2.45, 2.75) is 31.3 Å². The van der Waals surface area contributed by atoms with Crippen molar-refractivity contribution < 1.29 is 22.7 Å². The molecule has 0 unspecified atom stereocenters. The summed E-state index contributed by atoms with van der Waals surface area (Å²) >= 11 is 1.26. The number of aromatic nitrogens is 1. The highest BCUT2D eigenvalue weighted by Crippen LogP contribution is 2.24. The molecule has 0 spiro atoms. The molecule has 9 heteroatoms. The third-order valence-electron chi connectivity index (χ3n) is 4.44. The van der Waals surface area contributed by atoms with Crippen molar-refractivity contribution in [3.05, 3.63) is 65.5 Å². The standard InChI is InChI=1S/C22H22N2O5S2/c1-15-8-10-18(11-9-15)31(27,28)13-12-20(25)29-16(2)21(26)24-22-23-19(14-30-22)17-6-4-3-5-7-17/h3-11,14,16H,12-13H2,1-2H3,(H,23,24,26)/t16-/m1/s1. The zero-order chi connectivity index (χ0) is 22.4. The normalized spacial score (nSPS) is 12.2. The van der Waals surface area contributed by atoms with Crippen LogP contribution in [0.2, 0.25) is 0 Å². The Morgan fingerprint density at radius 1 is 1.10 bits per heavy atom. The number of esters is 1. The Morgan fingerprint density at radius 3 is 2.45 bits per heavy atom. The molecule has 7 nitrogen and oxygen atoms in total. The Balaban J connectivity index is 1.51. The molecule has 0 aliphatic carbocycles. The van der Waals surface area contributed by atoms with E-state index in [-0.39, 0.29) is 11.3 Å². The van der Waals surface area contributed by atoms with Crippen LogP contribution < -0.4 is 5.32 Å². The van der Waals surface area contributed by atoms with Gasteiger partial charge in [-0.2, -0.15) is 0 Å². The van der Waals surface area contributed by atoms with Gasteiger partial charge in [0.15, 0.2) is 21.1 Å². The number of ether oxygens (including phenoxy) is 1. The number of nitrogens with zero attached hydrogens (tertiary/aromatic N) is 1. The van der Waals surface area contributed by atoms with Crippen LogP contribution >= 0.6 is 11.3 Å². The summed E-state index contributed by atoms with van der Waals surface area (Å²) in [6, 6.07) is 15.9. The Kier molecular flexibility index (Phi) is 7.19. The predicted molar refractivity (Wildman–Crippen MR) is 120 cm³/mol. The molecule has 0 fully saturated rings. The molecule has 0 aliphatic rings. The Hall–Kier alpha value is -3.04. The van der Waals surface area contributed by atoms with E-state index in [9.17, 15) is 18.0 Å². The number of aryl methyl sites for hydroxylation is 1. The van der Waals surface area contributed by atoms with Gasteiger partial charge in [-0.1, -0.05) is 48.0 Å². The van der Waals surface area contributed by atoms with E-state index >= 15 is 0 Å². The van der Waals surface area contributed by atoms with Crippen LogP contribution in [0.4, 0.5) is 5.13 Å². The quantitative estimate of drug-likeness (QED) is 0.515. The third-order valence-corrected chi connectivity index (χ3v) is 6.93. The molecule has 162 valence electrons. The maximum absolute atomic E-state index is 12.3. The number of amides is 1. The summed E-state index contributed by atoms with van der Waals surface area (Å²) in [6.07, 6.45) is -1.43. The van der Waals surface area contributed by atoms with Crippen LogP contribution in [0.25, 0.3) is 11.3 Å². The molecular weight excluding hydrogens is 436 g/mol. The first-order valence-corrected chi connectivity index (χ1v) is 12.1. The van der Waals surface area contributed by atoms with E-state index in [4.69, 9.17) is 4.74 Å². The van der Waals surface area contributed by atoms with Crippen LogP contribution in [-0.2, 0) is 24.2 Å². The van der Waals surface area contributed by atoms with E-state index < -0.39 is 33.6 Å². The smallest absolute Gasteiger partial charge is 0.307 e. The number of sulfone groups is 1. The molecule has 1 heterocycles. The van der Waals surface area contributed by atoms with Gasteiger partial charge in [-0.25, -0.2) is 13.4 Å². The summed E-state index contributed by atoms with van der Waals surface area (Å²) < 4.78 is 29.8. The fourth-order valence-corrected chi connectivity index (χ4v) is 4.61. The van der Waals surface area contributed by atoms with Crippen molar-refractivity contribution in [3.63, 3.8) is 0 Å². The Labute approximate surface area is 185 Å². The second kappa shape index (κ2) is 9.84. The first-order chi connectivity index (χ1) is 14.7. The number of anilines is 1. The van der Waals surface area contributed by atoms with Gasteiger partial charge < -0.3 is 4.74 Å². The summed E-state index contributed by atoms with van der Waals surface area (Å²) in [5, 5.41) is 4.81. The van der Waals surface area contributed by atoms with Gasteiger partial charge in [-0.15, -0.1) is 11.3 Å². The van der Waals surface area contributed by atoms with Gasteiger partial charge in [0.25, 0.3) is 5.91 Å². The van der Waals surface area contributed by atoms with Crippen molar-refractivity contribution >= 4 is 38.2 Å². The van der Waals surface area contributed by atoms with Crippen molar-refractivity contribution in [1.29, 1.82) is 0 Å². The summed E-state index contributed by atoms with van der Waals surface area (Å²) in [5.41, 5.74) is 2.59. The Morgan fingerprint density at radius 2 is 1.77 bits per heavy atom. The molecular formula is C22H22N2O5S2. The lowest BCUT2D eigenvalue weighted by Crippen LogP contribution is -2.30. The zero-order valence-corrected chi connectivity index (χ0v) is 18.7. The maximum Gasteiger partial charge on any atom is 0.307 e. The number of thiazole rings is 1. The molecule has 1 N–H and O–H groups in total. The van der Waals surface area contributed by atoms with Crippen molar-refractivity contribution in [3.8, 4) is 11.3 Å².